The van der Waals surface area contributed by atoms with Crippen molar-refractivity contribution in [3.63, 3.8) is 0 Å². The number of H-pyrrole nitrogens is 1. The van der Waals surface area contributed by atoms with E-state index in [0.29, 0.717) is 12.4 Å². The molecule has 180 valence electrons. The SMILES string of the molecule is CCCC/C(=N/NCC1CCCCO1)NCc1ccc(-c2ccccc2-c2noc(=O)[nH]2)cc1. The fourth-order valence-electron chi connectivity index (χ4n) is 4.03. The number of aromatic amines is 1. The summed E-state index contributed by atoms with van der Waals surface area (Å²) < 4.78 is 10.5. The second kappa shape index (κ2) is 12.2. The summed E-state index contributed by atoms with van der Waals surface area (Å²) in [6, 6.07) is 16.2. The van der Waals surface area contributed by atoms with Crippen LogP contribution in [0.15, 0.2) is 62.9 Å². The van der Waals surface area contributed by atoms with Gasteiger partial charge in [0.1, 0.15) is 5.84 Å². The van der Waals surface area contributed by atoms with Crippen LogP contribution in [-0.2, 0) is 11.3 Å². The van der Waals surface area contributed by atoms with Gasteiger partial charge in [0.25, 0.3) is 0 Å². The number of hydrogen-bond acceptors (Lipinski definition) is 6. The Balaban J connectivity index is 1.38. The molecule has 3 aromatic rings. The highest BCUT2D eigenvalue weighted by Gasteiger charge is 2.13. The van der Waals surface area contributed by atoms with Gasteiger partial charge in [-0.3, -0.25) is 9.51 Å². The van der Waals surface area contributed by atoms with Gasteiger partial charge in [0, 0.05) is 25.1 Å². The lowest BCUT2D eigenvalue weighted by Gasteiger charge is -2.22. The molecule has 1 aliphatic rings. The number of amidine groups is 1. The van der Waals surface area contributed by atoms with Gasteiger partial charge in [0.05, 0.1) is 12.6 Å². The molecule has 0 saturated carbocycles. The highest BCUT2D eigenvalue weighted by molar-refractivity contribution is 5.82. The van der Waals surface area contributed by atoms with E-state index >= 15 is 0 Å². The molecule has 8 nitrogen and oxygen atoms in total. The van der Waals surface area contributed by atoms with Crippen LogP contribution in [0.25, 0.3) is 22.5 Å². The lowest BCUT2D eigenvalue weighted by atomic mass is 9.98. The summed E-state index contributed by atoms with van der Waals surface area (Å²) in [5.74, 6) is 0.837. The average Bonchev–Trinajstić information content (AvgIpc) is 3.32. The number of nitrogens with one attached hydrogen (secondary N) is 3. The van der Waals surface area contributed by atoms with E-state index in [-0.39, 0.29) is 6.10 Å². The number of rotatable bonds is 10. The van der Waals surface area contributed by atoms with Gasteiger partial charge in [0.2, 0.25) is 0 Å². The minimum atomic E-state index is -0.562. The van der Waals surface area contributed by atoms with E-state index in [1.807, 2.05) is 24.3 Å². The van der Waals surface area contributed by atoms with Crippen molar-refractivity contribution in [3.05, 3.63) is 64.6 Å². The predicted octanol–water partition coefficient (Wildman–Crippen LogP) is 4.45. The summed E-state index contributed by atoms with van der Waals surface area (Å²) >= 11 is 0. The molecule has 1 aliphatic heterocycles. The number of nitrogens with zero attached hydrogens (tertiary/aromatic N) is 2. The molecule has 2 heterocycles. The fourth-order valence-corrected chi connectivity index (χ4v) is 4.03. The molecule has 4 rings (SSSR count). The molecule has 34 heavy (non-hydrogen) atoms. The molecule has 0 bridgehead atoms. The highest BCUT2D eigenvalue weighted by atomic mass is 16.5. The minimum Gasteiger partial charge on any atom is -0.376 e. The van der Waals surface area contributed by atoms with Crippen molar-refractivity contribution in [2.24, 2.45) is 5.10 Å². The van der Waals surface area contributed by atoms with Crippen molar-refractivity contribution in [2.75, 3.05) is 13.2 Å². The quantitative estimate of drug-likeness (QED) is 0.233. The predicted molar refractivity (Wildman–Crippen MR) is 133 cm³/mol. The van der Waals surface area contributed by atoms with Crippen molar-refractivity contribution in [3.8, 4) is 22.5 Å². The maximum absolute atomic E-state index is 11.4. The summed E-state index contributed by atoms with van der Waals surface area (Å²) in [4.78, 5) is 14.0. The molecule has 8 heteroatoms. The molecule has 3 N–H and O–H groups in total. The van der Waals surface area contributed by atoms with Crippen molar-refractivity contribution >= 4 is 5.84 Å². The molecule has 1 unspecified atom stereocenters. The standard InChI is InChI=1S/C26H33N5O3/c1-2-3-11-24(30-28-18-21-8-6-7-16-33-21)27-17-19-12-14-20(15-13-19)22-9-4-5-10-23(22)25-29-26(32)34-31-25/h4-5,9-10,12-15,21,28H,2-3,6-8,11,16-18H2,1H3,(H,27,30)(H,29,31,32). The smallest absolute Gasteiger partial charge is 0.376 e. The topological polar surface area (TPSA) is 105 Å². The van der Waals surface area contributed by atoms with Crippen LogP contribution >= 0.6 is 0 Å². The van der Waals surface area contributed by atoms with E-state index in [0.717, 1.165) is 73.3 Å². The first-order chi connectivity index (χ1) is 16.7. The summed E-state index contributed by atoms with van der Waals surface area (Å²) in [6.07, 6.45) is 6.88. The van der Waals surface area contributed by atoms with Gasteiger partial charge >= 0.3 is 5.76 Å². The zero-order chi connectivity index (χ0) is 23.6. The number of hydrazone groups is 1. The lowest BCUT2D eigenvalue weighted by molar-refractivity contribution is 0.0171. The van der Waals surface area contributed by atoms with E-state index in [4.69, 9.17) is 4.74 Å². The Hall–Kier alpha value is -3.39. The normalized spacial score (nSPS) is 16.4. The number of hydrogen-bond donors (Lipinski definition) is 3. The zero-order valence-electron chi connectivity index (χ0n) is 19.7. The maximum atomic E-state index is 11.4. The van der Waals surface area contributed by atoms with Gasteiger partial charge in [-0.15, -0.1) is 0 Å². The van der Waals surface area contributed by atoms with Gasteiger partial charge < -0.3 is 15.5 Å². The summed E-state index contributed by atoms with van der Waals surface area (Å²) in [7, 11) is 0. The molecule has 0 radical (unpaired) electrons. The van der Waals surface area contributed by atoms with E-state index < -0.39 is 5.76 Å². The van der Waals surface area contributed by atoms with Gasteiger partial charge in [-0.05, 0) is 42.4 Å². The van der Waals surface area contributed by atoms with Crippen LogP contribution in [0.4, 0.5) is 0 Å². The van der Waals surface area contributed by atoms with Crippen molar-refractivity contribution in [2.45, 2.75) is 58.1 Å². The molecule has 1 fully saturated rings. The molecule has 1 aromatic heterocycles. The molecular weight excluding hydrogens is 430 g/mol. The van der Waals surface area contributed by atoms with Crippen molar-refractivity contribution in [1.82, 2.24) is 20.9 Å². The Morgan fingerprint density at radius 1 is 1.15 bits per heavy atom. The van der Waals surface area contributed by atoms with Crippen LogP contribution in [0.3, 0.4) is 0 Å². The lowest BCUT2D eigenvalue weighted by Crippen LogP contribution is -2.32. The Bertz CT molecular complexity index is 1110. The first kappa shape index (κ1) is 23.8. The Labute approximate surface area is 199 Å². The largest absolute Gasteiger partial charge is 0.439 e. The van der Waals surface area contributed by atoms with E-state index in [9.17, 15) is 4.79 Å². The second-order valence-corrected chi connectivity index (χ2v) is 8.55. The molecule has 0 amide bonds. The Morgan fingerprint density at radius 3 is 2.68 bits per heavy atom. The van der Waals surface area contributed by atoms with Crippen LogP contribution in [0.5, 0.6) is 0 Å². The number of aromatic nitrogens is 2. The summed E-state index contributed by atoms with van der Waals surface area (Å²) in [5.41, 5.74) is 7.22. The maximum Gasteiger partial charge on any atom is 0.439 e. The first-order valence-electron chi connectivity index (χ1n) is 12.1. The van der Waals surface area contributed by atoms with Crippen LogP contribution in [0, 0.1) is 0 Å². The van der Waals surface area contributed by atoms with Crippen LogP contribution in [-0.4, -0.2) is 35.2 Å². The van der Waals surface area contributed by atoms with Gasteiger partial charge in [0.15, 0.2) is 5.82 Å². The van der Waals surface area contributed by atoms with Crippen LogP contribution in [0.1, 0.15) is 51.0 Å². The van der Waals surface area contributed by atoms with Gasteiger partial charge in [-0.1, -0.05) is 67.0 Å². The highest BCUT2D eigenvalue weighted by Crippen LogP contribution is 2.29. The molecule has 1 atom stereocenters. The van der Waals surface area contributed by atoms with Crippen LogP contribution < -0.4 is 16.5 Å². The zero-order valence-corrected chi connectivity index (χ0v) is 19.7. The monoisotopic (exact) mass is 463 g/mol. The third-order valence-electron chi connectivity index (χ3n) is 5.96. The number of ether oxygens (including phenoxy) is 1. The van der Waals surface area contributed by atoms with Gasteiger partial charge in [-0.25, -0.2) is 4.79 Å². The summed E-state index contributed by atoms with van der Waals surface area (Å²) in [5, 5.41) is 11.9. The third-order valence-corrected chi connectivity index (χ3v) is 5.96. The molecule has 0 spiro atoms. The minimum absolute atomic E-state index is 0.260. The van der Waals surface area contributed by atoms with Crippen molar-refractivity contribution < 1.29 is 9.26 Å². The molecule has 2 aromatic carbocycles. The van der Waals surface area contributed by atoms with Crippen LogP contribution in [0.2, 0.25) is 0 Å². The molecule has 1 saturated heterocycles. The van der Waals surface area contributed by atoms with Gasteiger partial charge in [-0.2, -0.15) is 5.10 Å². The summed E-state index contributed by atoms with van der Waals surface area (Å²) in [6.45, 7) is 4.49. The Kier molecular flexibility index (Phi) is 8.51. The average molecular weight is 464 g/mol. The molecular formula is C26H33N5O3. The Morgan fingerprint density at radius 2 is 1.97 bits per heavy atom. The molecule has 0 aliphatic carbocycles. The second-order valence-electron chi connectivity index (χ2n) is 8.55. The fraction of sp³-hybridized carbons (Fsp3) is 0.423. The van der Waals surface area contributed by atoms with E-state index in [2.05, 4.69) is 61.7 Å². The van der Waals surface area contributed by atoms with Crippen molar-refractivity contribution in [1.29, 1.82) is 0 Å². The number of unbranched alkanes of at least 4 members (excludes halogenated alkanes) is 1. The number of benzene rings is 2. The van der Waals surface area contributed by atoms with E-state index in [1.54, 1.807) is 0 Å². The first-order valence-corrected chi connectivity index (χ1v) is 12.1. The third kappa shape index (κ3) is 6.57. The van der Waals surface area contributed by atoms with E-state index in [1.165, 1.54) is 6.42 Å².